The van der Waals surface area contributed by atoms with E-state index in [2.05, 4.69) is 0 Å². The maximum absolute atomic E-state index is 13.1. The van der Waals surface area contributed by atoms with E-state index in [-0.39, 0.29) is 5.82 Å². The van der Waals surface area contributed by atoms with Gasteiger partial charge in [0.2, 0.25) is 0 Å². The molecular weight excluding hydrogens is 155 g/mol. The van der Waals surface area contributed by atoms with Gasteiger partial charge in [-0.05, 0) is 30.5 Å². The minimum absolute atomic E-state index is 0.278. The monoisotopic (exact) mass is 168 g/mol. The molecule has 2 heteroatoms. The number of hydrogen-bond acceptors (Lipinski definition) is 1. The smallest absolute Gasteiger partial charge is 0.165 e. The van der Waals surface area contributed by atoms with E-state index >= 15 is 0 Å². The van der Waals surface area contributed by atoms with Crippen molar-refractivity contribution < 1.29 is 9.13 Å². The van der Waals surface area contributed by atoms with E-state index in [0.717, 1.165) is 17.5 Å². The first kappa shape index (κ1) is 9.04. The average molecular weight is 168 g/mol. The van der Waals surface area contributed by atoms with Crippen molar-refractivity contribution >= 4 is 0 Å². The summed E-state index contributed by atoms with van der Waals surface area (Å²) in [5, 5.41) is 0. The van der Waals surface area contributed by atoms with Gasteiger partial charge in [-0.1, -0.05) is 13.0 Å². The van der Waals surface area contributed by atoms with Crippen LogP contribution in [0.1, 0.15) is 18.1 Å². The van der Waals surface area contributed by atoms with Crippen molar-refractivity contribution in [3.05, 3.63) is 29.1 Å². The molecule has 0 heterocycles. The van der Waals surface area contributed by atoms with Crippen molar-refractivity contribution in [2.45, 2.75) is 20.3 Å². The zero-order valence-corrected chi connectivity index (χ0v) is 7.65. The summed E-state index contributed by atoms with van der Waals surface area (Å²) >= 11 is 0. The lowest BCUT2D eigenvalue weighted by atomic mass is 10.1. The molecule has 0 aliphatic rings. The van der Waals surface area contributed by atoms with Crippen LogP contribution in [-0.4, -0.2) is 7.11 Å². The van der Waals surface area contributed by atoms with E-state index in [4.69, 9.17) is 4.74 Å². The zero-order chi connectivity index (χ0) is 9.14. The lowest BCUT2D eigenvalue weighted by molar-refractivity contribution is 0.381. The number of hydrogen-bond donors (Lipinski definition) is 0. The number of aryl methyl sites for hydroxylation is 1. The molecule has 0 aromatic heterocycles. The highest BCUT2D eigenvalue weighted by Gasteiger charge is 2.09. The molecule has 0 unspecified atom stereocenters. The summed E-state index contributed by atoms with van der Waals surface area (Å²) in [6.45, 7) is 3.95. The molecule has 0 atom stereocenters. The fraction of sp³-hybridized carbons (Fsp3) is 0.400. The first-order valence-electron chi connectivity index (χ1n) is 4.02. The lowest BCUT2D eigenvalue weighted by Crippen LogP contribution is -1.96. The number of halogens is 1. The van der Waals surface area contributed by atoms with Crippen LogP contribution in [0.2, 0.25) is 0 Å². The standard InChI is InChI=1S/C10H13FO/c1-4-8-7(2)5-6-9(11)10(8)12-3/h5-6H,4H2,1-3H3. The Morgan fingerprint density at radius 2 is 2.08 bits per heavy atom. The van der Waals surface area contributed by atoms with E-state index in [9.17, 15) is 4.39 Å². The Bertz CT molecular complexity index is 252. The highest BCUT2D eigenvalue weighted by atomic mass is 19.1. The summed E-state index contributed by atoms with van der Waals surface area (Å²) < 4.78 is 18.1. The van der Waals surface area contributed by atoms with Crippen molar-refractivity contribution in [1.29, 1.82) is 0 Å². The minimum Gasteiger partial charge on any atom is -0.493 e. The average Bonchev–Trinajstić information content (AvgIpc) is 2.08. The molecule has 0 saturated carbocycles. The minimum atomic E-state index is -0.278. The van der Waals surface area contributed by atoms with E-state index in [1.807, 2.05) is 13.8 Å². The van der Waals surface area contributed by atoms with Gasteiger partial charge in [0.1, 0.15) is 0 Å². The molecule has 0 N–H and O–H groups in total. The highest BCUT2D eigenvalue weighted by Crippen LogP contribution is 2.25. The summed E-state index contributed by atoms with van der Waals surface area (Å²) in [5.41, 5.74) is 2.04. The Labute approximate surface area is 72.2 Å². The van der Waals surface area contributed by atoms with Gasteiger partial charge in [0, 0.05) is 0 Å². The molecule has 0 saturated heterocycles. The van der Waals surface area contributed by atoms with Crippen molar-refractivity contribution in [3.63, 3.8) is 0 Å². The summed E-state index contributed by atoms with van der Waals surface area (Å²) in [6, 6.07) is 3.21. The molecule has 0 amide bonds. The number of rotatable bonds is 2. The number of ether oxygens (including phenoxy) is 1. The van der Waals surface area contributed by atoms with Gasteiger partial charge in [-0.2, -0.15) is 0 Å². The predicted octanol–water partition coefficient (Wildman–Crippen LogP) is 2.71. The molecule has 0 bridgehead atoms. The van der Waals surface area contributed by atoms with Gasteiger partial charge in [0.25, 0.3) is 0 Å². The lowest BCUT2D eigenvalue weighted by Gasteiger charge is -2.09. The maximum Gasteiger partial charge on any atom is 0.165 e. The topological polar surface area (TPSA) is 9.23 Å². The Balaban J connectivity index is 3.28. The third-order valence-corrected chi connectivity index (χ3v) is 2.00. The van der Waals surface area contributed by atoms with Gasteiger partial charge >= 0.3 is 0 Å². The highest BCUT2D eigenvalue weighted by molar-refractivity contribution is 5.40. The summed E-state index contributed by atoms with van der Waals surface area (Å²) in [4.78, 5) is 0. The van der Waals surface area contributed by atoms with Crippen molar-refractivity contribution in [2.75, 3.05) is 7.11 Å². The molecular formula is C10H13FO. The molecule has 0 fully saturated rings. The fourth-order valence-corrected chi connectivity index (χ4v) is 1.36. The van der Waals surface area contributed by atoms with Crippen LogP contribution in [0, 0.1) is 12.7 Å². The van der Waals surface area contributed by atoms with Crippen LogP contribution in [0.15, 0.2) is 12.1 Å². The summed E-state index contributed by atoms with van der Waals surface area (Å²) in [5.74, 6) is 0.109. The Morgan fingerprint density at radius 3 is 2.50 bits per heavy atom. The van der Waals surface area contributed by atoms with Gasteiger partial charge < -0.3 is 4.74 Å². The molecule has 1 aromatic rings. The molecule has 0 aliphatic carbocycles. The normalized spacial score (nSPS) is 10.0. The van der Waals surface area contributed by atoms with Gasteiger partial charge in [0.05, 0.1) is 7.11 Å². The predicted molar refractivity (Wildman–Crippen MR) is 47.1 cm³/mol. The van der Waals surface area contributed by atoms with Crippen LogP contribution >= 0.6 is 0 Å². The van der Waals surface area contributed by atoms with Gasteiger partial charge in [-0.15, -0.1) is 0 Å². The Morgan fingerprint density at radius 1 is 1.42 bits per heavy atom. The Kier molecular flexibility index (Phi) is 2.69. The molecule has 12 heavy (non-hydrogen) atoms. The van der Waals surface area contributed by atoms with Crippen molar-refractivity contribution in [2.24, 2.45) is 0 Å². The van der Waals surface area contributed by atoms with Gasteiger partial charge in [-0.3, -0.25) is 0 Å². The Hall–Kier alpha value is -1.05. The van der Waals surface area contributed by atoms with Gasteiger partial charge in [0.15, 0.2) is 11.6 Å². The van der Waals surface area contributed by atoms with Gasteiger partial charge in [-0.25, -0.2) is 4.39 Å². The SMILES string of the molecule is CCc1c(C)ccc(F)c1OC. The molecule has 1 rings (SSSR count). The second-order valence-corrected chi connectivity index (χ2v) is 2.73. The van der Waals surface area contributed by atoms with E-state index < -0.39 is 0 Å². The fourth-order valence-electron chi connectivity index (χ4n) is 1.36. The molecule has 1 aromatic carbocycles. The molecule has 1 nitrogen and oxygen atoms in total. The van der Waals surface area contributed by atoms with E-state index in [0.29, 0.717) is 5.75 Å². The quantitative estimate of drug-likeness (QED) is 0.659. The van der Waals surface area contributed by atoms with Crippen LogP contribution in [-0.2, 0) is 6.42 Å². The van der Waals surface area contributed by atoms with Crippen LogP contribution in [0.4, 0.5) is 4.39 Å². The second-order valence-electron chi connectivity index (χ2n) is 2.73. The number of methoxy groups -OCH3 is 1. The third-order valence-electron chi connectivity index (χ3n) is 2.00. The van der Waals surface area contributed by atoms with E-state index in [1.54, 1.807) is 6.07 Å². The van der Waals surface area contributed by atoms with Crippen LogP contribution < -0.4 is 4.74 Å². The zero-order valence-electron chi connectivity index (χ0n) is 7.65. The van der Waals surface area contributed by atoms with Crippen molar-refractivity contribution in [1.82, 2.24) is 0 Å². The first-order chi connectivity index (χ1) is 5.70. The maximum atomic E-state index is 13.1. The van der Waals surface area contributed by atoms with Crippen LogP contribution in [0.3, 0.4) is 0 Å². The van der Waals surface area contributed by atoms with Crippen molar-refractivity contribution in [3.8, 4) is 5.75 Å². The third kappa shape index (κ3) is 1.42. The molecule has 0 aliphatic heterocycles. The summed E-state index contributed by atoms with van der Waals surface area (Å²) in [6.07, 6.45) is 0.798. The second kappa shape index (κ2) is 3.57. The van der Waals surface area contributed by atoms with Crippen LogP contribution in [0.5, 0.6) is 5.75 Å². The van der Waals surface area contributed by atoms with Crippen LogP contribution in [0.25, 0.3) is 0 Å². The molecule has 0 radical (unpaired) electrons. The first-order valence-corrected chi connectivity index (χ1v) is 4.02. The largest absolute Gasteiger partial charge is 0.493 e. The summed E-state index contributed by atoms with van der Waals surface area (Å²) in [7, 11) is 1.50. The van der Waals surface area contributed by atoms with E-state index in [1.165, 1.54) is 13.2 Å². The number of benzene rings is 1. The molecule has 66 valence electrons. The molecule has 0 spiro atoms.